The highest BCUT2D eigenvalue weighted by molar-refractivity contribution is 5.86. The number of aryl methyl sites for hydroxylation is 1. The molecule has 0 aliphatic rings. The molecule has 0 saturated carbocycles. The van der Waals surface area contributed by atoms with E-state index in [4.69, 9.17) is 10.2 Å². The molecule has 0 aliphatic heterocycles. The van der Waals surface area contributed by atoms with E-state index in [0.717, 1.165) is 5.76 Å². The highest BCUT2D eigenvalue weighted by Crippen LogP contribution is 2.16. The van der Waals surface area contributed by atoms with Crippen LogP contribution in [0, 0.1) is 6.92 Å². The maximum Gasteiger partial charge on any atom is 0.240 e. The van der Waals surface area contributed by atoms with Crippen molar-refractivity contribution in [2.45, 2.75) is 52.1 Å². The van der Waals surface area contributed by atoms with E-state index in [2.05, 4.69) is 10.3 Å². The number of nitrogens with zero attached hydrogens (tertiary/aromatic N) is 1. The molecule has 0 aliphatic carbocycles. The maximum absolute atomic E-state index is 12.0. The van der Waals surface area contributed by atoms with Crippen LogP contribution in [0.3, 0.4) is 0 Å². The van der Waals surface area contributed by atoms with Crippen LogP contribution in [-0.2, 0) is 4.79 Å². The van der Waals surface area contributed by atoms with Crippen LogP contribution in [0.5, 0.6) is 0 Å². The van der Waals surface area contributed by atoms with Crippen molar-refractivity contribution in [1.29, 1.82) is 0 Å². The summed E-state index contributed by atoms with van der Waals surface area (Å²) in [6, 6.07) is -0.266. The molecule has 1 rings (SSSR count). The van der Waals surface area contributed by atoms with Gasteiger partial charge < -0.3 is 15.5 Å². The molecule has 1 unspecified atom stereocenters. The smallest absolute Gasteiger partial charge is 0.240 e. The van der Waals surface area contributed by atoms with Crippen molar-refractivity contribution >= 4 is 5.91 Å². The quantitative estimate of drug-likeness (QED) is 0.819. The van der Waals surface area contributed by atoms with Crippen molar-refractivity contribution in [3.63, 3.8) is 0 Å². The number of carbonyl (C=O) groups excluding carboxylic acids is 1. The van der Waals surface area contributed by atoms with Gasteiger partial charge in [-0.1, -0.05) is 13.8 Å². The molecule has 0 aromatic carbocycles. The first-order valence-corrected chi connectivity index (χ1v) is 5.95. The number of hydrogen-bond donors (Lipinski definition) is 2. The molecule has 3 N–H and O–H groups in total. The molecule has 0 bridgehead atoms. The molecule has 5 heteroatoms. The number of nitrogens with two attached hydrogens (primary N) is 1. The lowest BCUT2D eigenvalue weighted by Gasteiger charge is -2.26. The van der Waals surface area contributed by atoms with Crippen LogP contribution in [0.15, 0.2) is 10.6 Å². The summed E-state index contributed by atoms with van der Waals surface area (Å²) < 4.78 is 5.36. The second-order valence-electron chi connectivity index (χ2n) is 4.37. The van der Waals surface area contributed by atoms with Crippen LogP contribution in [0.1, 0.15) is 51.3 Å². The first-order chi connectivity index (χ1) is 7.92. The fraction of sp³-hybridized carbons (Fsp3) is 0.667. The zero-order chi connectivity index (χ0) is 13.1. The Morgan fingerprint density at radius 3 is 2.59 bits per heavy atom. The monoisotopic (exact) mass is 239 g/mol. The number of rotatable bonds is 5. The predicted octanol–water partition coefficient (Wildman–Crippen LogP) is 1.68. The molecular weight excluding hydrogens is 218 g/mol. The van der Waals surface area contributed by atoms with E-state index in [0.29, 0.717) is 18.7 Å². The van der Waals surface area contributed by atoms with Crippen LogP contribution < -0.4 is 11.1 Å². The molecule has 1 aromatic heterocycles. The second kappa shape index (κ2) is 5.31. The Labute approximate surface area is 102 Å². The van der Waals surface area contributed by atoms with Crippen LogP contribution in [0.2, 0.25) is 0 Å². The lowest BCUT2D eigenvalue weighted by molar-refractivity contribution is -0.127. The lowest BCUT2D eigenvalue weighted by atomic mass is 9.93. The van der Waals surface area contributed by atoms with Gasteiger partial charge in [-0.3, -0.25) is 4.79 Å². The third-order valence-electron chi connectivity index (χ3n) is 3.07. The first kappa shape index (κ1) is 13.7. The Hall–Kier alpha value is -1.36. The van der Waals surface area contributed by atoms with Gasteiger partial charge in [0.25, 0.3) is 0 Å². The predicted molar refractivity (Wildman–Crippen MR) is 65.3 cm³/mol. The normalized spacial score (nSPS) is 13.5. The maximum atomic E-state index is 12.0. The van der Waals surface area contributed by atoms with E-state index in [9.17, 15) is 4.79 Å². The van der Waals surface area contributed by atoms with E-state index in [1.807, 2.05) is 27.7 Å². The van der Waals surface area contributed by atoms with Gasteiger partial charge in [-0.2, -0.15) is 0 Å². The third kappa shape index (κ3) is 3.06. The van der Waals surface area contributed by atoms with Crippen molar-refractivity contribution in [1.82, 2.24) is 10.3 Å². The van der Waals surface area contributed by atoms with Gasteiger partial charge in [0.2, 0.25) is 11.8 Å². The van der Waals surface area contributed by atoms with Gasteiger partial charge in [-0.15, -0.1) is 0 Å². The minimum absolute atomic E-state index is 0.161. The highest BCUT2D eigenvalue weighted by Gasteiger charge is 2.31. The Kier molecular flexibility index (Phi) is 4.28. The van der Waals surface area contributed by atoms with Crippen molar-refractivity contribution in [2.24, 2.45) is 5.73 Å². The Morgan fingerprint density at radius 1 is 1.59 bits per heavy atom. The number of aromatic nitrogens is 1. The molecule has 1 atom stereocenters. The molecule has 1 amide bonds. The van der Waals surface area contributed by atoms with Gasteiger partial charge in [0.15, 0.2) is 0 Å². The molecule has 5 nitrogen and oxygen atoms in total. The molecule has 0 spiro atoms. The van der Waals surface area contributed by atoms with Crippen molar-refractivity contribution in [3.8, 4) is 0 Å². The number of carbonyl (C=O) groups is 1. The lowest BCUT2D eigenvalue weighted by Crippen LogP contribution is -2.53. The Bertz CT molecular complexity index is 383. The van der Waals surface area contributed by atoms with Gasteiger partial charge >= 0.3 is 0 Å². The Morgan fingerprint density at radius 2 is 2.18 bits per heavy atom. The number of amides is 1. The molecule has 0 fully saturated rings. The topological polar surface area (TPSA) is 81.2 Å². The van der Waals surface area contributed by atoms with E-state index >= 15 is 0 Å². The number of nitrogens with one attached hydrogen (secondary N) is 1. The van der Waals surface area contributed by atoms with Gasteiger partial charge in [-0.05, 0) is 26.7 Å². The van der Waals surface area contributed by atoms with Gasteiger partial charge in [0.05, 0.1) is 11.7 Å². The fourth-order valence-electron chi connectivity index (χ4n) is 1.55. The highest BCUT2D eigenvalue weighted by atomic mass is 16.4. The van der Waals surface area contributed by atoms with Gasteiger partial charge in [-0.25, -0.2) is 4.98 Å². The molecule has 17 heavy (non-hydrogen) atoms. The van der Waals surface area contributed by atoms with Crippen LogP contribution in [0.25, 0.3) is 0 Å². The van der Waals surface area contributed by atoms with Crippen molar-refractivity contribution in [2.75, 3.05) is 0 Å². The largest absolute Gasteiger partial charge is 0.444 e. The summed E-state index contributed by atoms with van der Waals surface area (Å²) in [6.07, 6.45) is 2.84. The minimum Gasteiger partial charge on any atom is -0.444 e. The summed E-state index contributed by atoms with van der Waals surface area (Å²) in [5, 5.41) is 2.83. The van der Waals surface area contributed by atoms with E-state index in [1.165, 1.54) is 0 Å². The molecule has 0 radical (unpaired) electrons. The van der Waals surface area contributed by atoms with Crippen molar-refractivity contribution < 1.29 is 9.21 Å². The summed E-state index contributed by atoms with van der Waals surface area (Å²) in [6.45, 7) is 7.46. The second-order valence-corrected chi connectivity index (χ2v) is 4.37. The Balaban J connectivity index is 2.69. The fourth-order valence-corrected chi connectivity index (χ4v) is 1.55. The third-order valence-corrected chi connectivity index (χ3v) is 3.07. The average molecular weight is 239 g/mol. The standard InChI is InChI=1S/C12H21N3O2/c1-5-12(13,6-2)11(16)15-9(4)10-14-7-8(3)17-10/h7,9H,5-6,13H2,1-4H3,(H,15,16). The minimum atomic E-state index is -0.810. The number of hydrogen-bond acceptors (Lipinski definition) is 4. The SMILES string of the molecule is CCC(N)(CC)C(=O)NC(C)c1ncc(C)o1. The van der Waals surface area contributed by atoms with Gasteiger partial charge in [0, 0.05) is 0 Å². The molecule has 96 valence electrons. The van der Waals surface area contributed by atoms with E-state index in [-0.39, 0.29) is 11.9 Å². The zero-order valence-electron chi connectivity index (χ0n) is 10.9. The average Bonchev–Trinajstić information content (AvgIpc) is 2.74. The van der Waals surface area contributed by atoms with Gasteiger partial charge in [0.1, 0.15) is 11.8 Å². The van der Waals surface area contributed by atoms with E-state index in [1.54, 1.807) is 6.20 Å². The molecule has 0 saturated heterocycles. The summed E-state index contributed by atoms with van der Waals surface area (Å²) >= 11 is 0. The first-order valence-electron chi connectivity index (χ1n) is 5.95. The van der Waals surface area contributed by atoms with Crippen LogP contribution >= 0.6 is 0 Å². The van der Waals surface area contributed by atoms with Crippen LogP contribution in [0.4, 0.5) is 0 Å². The van der Waals surface area contributed by atoms with Crippen molar-refractivity contribution in [3.05, 3.63) is 17.8 Å². The zero-order valence-corrected chi connectivity index (χ0v) is 10.9. The summed E-state index contributed by atoms with van der Waals surface area (Å²) in [5.74, 6) is 1.07. The summed E-state index contributed by atoms with van der Waals surface area (Å²) in [7, 11) is 0. The summed E-state index contributed by atoms with van der Waals surface area (Å²) in [5.41, 5.74) is 5.20. The molecule has 1 aromatic rings. The molecular formula is C12H21N3O2. The summed E-state index contributed by atoms with van der Waals surface area (Å²) in [4.78, 5) is 16.1. The number of oxazole rings is 1. The molecule has 1 heterocycles. The van der Waals surface area contributed by atoms with E-state index < -0.39 is 5.54 Å². The van der Waals surface area contributed by atoms with Crippen LogP contribution in [-0.4, -0.2) is 16.4 Å².